The Morgan fingerprint density at radius 1 is 1.09 bits per heavy atom. The van der Waals surface area contributed by atoms with Crippen LogP contribution >= 0.6 is 0 Å². The lowest BCUT2D eigenvalue weighted by atomic mass is 9.90. The zero-order valence-corrected chi connectivity index (χ0v) is 18.1. The van der Waals surface area contributed by atoms with Crippen LogP contribution in [0.1, 0.15) is 13.8 Å². The van der Waals surface area contributed by atoms with Crippen molar-refractivity contribution >= 4 is 22.3 Å². The van der Waals surface area contributed by atoms with Crippen LogP contribution in [0.3, 0.4) is 0 Å². The van der Waals surface area contributed by atoms with E-state index in [9.17, 15) is 43.0 Å². The minimum absolute atomic E-state index is 0.649. The zero-order chi connectivity index (χ0) is 24.4. The Balaban J connectivity index is 2.46. The van der Waals surface area contributed by atoms with Crippen LogP contribution in [0.15, 0.2) is 0 Å². The third-order valence-electron chi connectivity index (χ3n) is 5.12. The van der Waals surface area contributed by atoms with Crippen molar-refractivity contribution in [2.45, 2.75) is 69.1 Å². The molecule has 0 radical (unpaired) electrons. The van der Waals surface area contributed by atoms with Crippen LogP contribution in [0.2, 0.25) is 0 Å². The fraction of sp³-hybridized carbons (Fsp3) is 0.875. The lowest BCUT2D eigenvalue weighted by Crippen LogP contribution is -2.68. The van der Waals surface area contributed by atoms with Crippen molar-refractivity contribution in [2.75, 3.05) is 13.7 Å². The van der Waals surface area contributed by atoms with E-state index in [0.29, 0.717) is 0 Å². The molecule has 186 valence electrons. The van der Waals surface area contributed by atoms with Crippen molar-refractivity contribution < 1.29 is 66.1 Å². The number of aliphatic hydroxyl groups is 3. The third-order valence-corrected chi connectivity index (χ3v) is 5.59. The second kappa shape index (κ2) is 10.6. The standard InChI is InChI=1S/C16H27NO14S/c1-5-9(20)10(21)16(29-11(5)14(22)23)30-13-8(17-6(2)19)15(27-3)28-7(4-18)12(13)31-32(24,25)26/h5,7-13,15-16,18,20-21H,4H2,1-3H3,(H,17,19)(H,22,23)(H,24,25,26)/t5?,7-,8-,9+,10-,11+,12+,13-,15-,16+/m1/s1. The maximum Gasteiger partial charge on any atom is 0.397 e. The Labute approximate surface area is 183 Å². The molecule has 2 aliphatic rings. The summed E-state index contributed by atoms with van der Waals surface area (Å²) >= 11 is 0. The van der Waals surface area contributed by atoms with Gasteiger partial charge >= 0.3 is 16.4 Å². The molecular formula is C16H27NO14S. The minimum Gasteiger partial charge on any atom is -0.479 e. The molecule has 0 aromatic heterocycles. The van der Waals surface area contributed by atoms with Gasteiger partial charge in [-0.15, -0.1) is 0 Å². The molecule has 0 aromatic rings. The number of nitrogens with one attached hydrogen (secondary N) is 1. The Morgan fingerprint density at radius 3 is 2.19 bits per heavy atom. The number of hydrogen-bond acceptors (Lipinski definition) is 12. The van der Waals surface area contributed by atoms with E-state index in [1.165, 1.54) is 14.0 Å². The first-order valence-corrected chi connectivity index (χ1v) is 10.8. The molecule has 2 fully saturated rings. The highest BCUT2D eigenvalue weighted by atomic mass is 32.3. The van der Waals surface area contributed by atoms with Gasteiger partial charge in [0.05, 0.1) is 12.7 Å². The highest BCUT2D eigenvalue weighted by Gasteiger charge is 2.53. The number of aliphatic carboxylic acids is 1. The second-order valence-corrected chi connectivity index (χ2v) is 8.43. The molecule has 1 amide bonds. The predicted molar refractivity (Wildman–Crippen MR) is 99.1 cm³/mol. The van der Waals surface area contributed by atoms with Crippen molar-refractivity contribution in [1.82, 2.24) is 5.32 Å². The first kappa shape index (κ1) is 26.8. The normalized spacial score (nSPS) is 40.6. The fourth-order valence-corrected chi connectivity index (χ4v) is 4.12. The average Bonchev–Trinajstić information content (AvgIpc) is 2.68. The number of hydrogen-bond donors (Lipinski definition) is 6. The van der Waals surface area contributed by atoms with Crippen molar-refractivity contribution in [3.05, 3.63) is 0 Å². The first-order valence-electron chi connectivity index (χ1n) is 9.42. The summed E-state index contributed by atoms with van der Waals surface area (Å²) in [5.74, 6) is -3.15. The monoisotopic (exact) mass is 489 g/mol. The maximum atomic E-state index is 11.7. The van der Waals surface area contributed by atoms with E-state index >= 15 is 0 Å². The Bertz CT molecular complexity index is 777. The van der Waals surface area contributed by atoms with Gasteiger partial charge < -0.3 is 44.7 Å². The summed E-state index contributed by atoms with van der Waals surface area (Å²) in [4.78, 5) is 23.2. The van der Waals surface area contributed by atoms with Gasteiger partial charge in [-0.05, 0) is 0 Å². The van der Waals surface area contributed by atoms with Crippen LogP contribution in [0.5, 0.6) is 0 Å². The fourth-order valence-electron chi connectivity index (χ4n) is 3.61. The molecule has 15 nitrogen and oxygen atoms in total. The summed E-state index contributed by atoms with van der Waals surface area (Å²) in [5, 5.41) is 41.9. The Kier molecular flexibility index (Phi) is 8.90. The summed E-state index contributed by atoms with van der Waals surface area (Å²) in [6.45, 7) is 1.58. The highest BCUT2D eigenvalue weighted by molar-refractivity contribution is 7.80. The first-order chi connectivity index (χ1) is 14.8. The van der Waals surface area contributed by atoms with E-state index in [2.05, 4.69) is 9.50 Å². The summed E-state index contributed by atoms with van der Waals surface area (Å²) in [6.07, 6.45) is -13.1. The van der Waals surface area contributed by atoms with Gasteiger partial charge in [-0.25, -0.2) is 8.98 Å². The molecular weight excluding hydrogens is 462 g/mol. The van der Waals surface area contributed by atoms with Crippen LogP contribution < -0.4 is 5.32 Å². The summed E-state index contributed by atoms with van der Waals surface area (Å²) in [7, 11) is -3.97. The number of carbonyl (C=O) groups excluding carboxylic acids is 1. The number of carbonyl (C=O) groups is 2. The van der Waals surface area contributed by atoms with Crippen molar-refractivity contribution in [3.8, 4) is 0 Å². The van der Waals surface area contributed by atoms with Gasteiger partial charge in [-0.2, -0.15) is 8.42 Å². The van der Waals surface area contributed by atoms with E-state index in [1.54, 1.807) is 0 Å². The van der Waals surface area contributed by atoms with Crippen LogP contribution in [0.4, 0.5) is 0 Å². The third kappa shape index (κ3) is 6.10. The van der Waals surface area contributed by atoms with Gasteiger partial charge in [-0.1, -0.05) is 6.92 Å². The minimum atomic E-state index is -5.15. The molecule has 2 aliphatic heterocycles. The van der Waals surface area contributed by atoms with Crippen molar-refractivity contribution in [3.63, 3.8) is 0 Å². The molecule has 32 heavy (non-hydrogen) atoms. The molecule has 2 saturated heterocycles. The second-order valence-electron chi connectivity index (χ2n) is 7.38. The topological polar surface area (TPSA) is 228 Å². The Hall–Kier alpha value is -1.47. The average molecular weight is 489 g/mol. The molecule has 1 unspecified atom stereocenters. The number of carboxylic acid groups (broad SMARTS) is 1. The van der Waals surface area contributed by atoms with E-state index in [4.69, 9.17) is 18.9 Å². The van der Waals surface area contributed by atoms with Gasteiger partial charge in [0.15, 0.2) is 18.7 Å². The summed E-state index contributed by atoms with van der Waals surface area (Å²) in [6, 6.07) is -1.34. The molecule has 0 bridgehead atoms. The predicted octanol–water partition coefficient (Wildman–Crippen LogP) is -3.40. The maximum absolute atomic E-state index is 11.7. The van der Waals surface area contributed by atoms with Gasteiger partial charge in [0.2, 0.25) is 5.91 Å². The van der Waals surface area contributed by atoms with Gasteiger partial charge in [0.25, 0.3) is 0 Å². The molecule has 2 heterocycles. The van der Waals surface area contributed by atoms with Crippen molar-refractivity contribution in [1.29, 1.82) is 0 Å². The Morgan fingerprint density at radius 2 is 1.72 bits per heavy atom. The molecule has 16 heteroatoms. The number of methoxy groups -OCH3 is 1. The lowest BCUT2D eigenvalue weighted by Gasteiger charge is -2.47. The van der Waals surface area contributed by atoms with Gasteiger partial charge in [-0.3, -0.25) is 9.35 Å². The lowest BCUT2D eigenvalue weighted by molar-refractivity contribution is -0.330. The van der Waals surface area contributed by atoms with Crippen LogP contribution in [-0.4, -0.2) is 114 Å². The van der Waals surface area contributed by atoms with Gasteiger partial charge in [0.1, 0.15) is 30.5 Å². The number of amides is 1. The van der Waals surface area contributed by atoms with E-state index in [-0.39, 0.29) is 0 Å². The van der Waals surface area contributed by atoms with Crippen LogP contribution in [-0.2, 0) is 43.1 Å². The number of aliphatic hydroxyl groups excluding tert-OH is 3. The van der Waals surface area contributed by atoms with Crippen molar-refractivity contribution in [2.24, 2.45) is 5.92 Å². The largest absolute Gasteiger partial charge is 0.479 e. The molecule has 6 N–H and O–H groups in total. The molecule has 0 saturated carbocycles. The number of rotatable bonds is 8. The smallest absolute Gasteiger partial charge is 0.397 e. The van der Waals surface area contributed by atoms with E-state index in [1.807, 2.05) is 0 Å². The molecule has 0 spiro atoms. The summed E-state index contributed by atoms with van der Waals surface area (Å²) < 4.78 is 57.9. The highest BCUT2D eigenvalue weighted by Crippen LogP contribution is 2.33. The number of ether oxygens (including phenoxy) is 4. The van der Waals surface area contributed by atoms with E-state index < -0.39 is 90.0 Å². The van der Waals surface area contributed by atoms with Crippen LogP contribution in [0.25, 0.3) is 0 Å². The molecule has 10 atom stereocenters. The SMILES string of the molecule is CO[C@@H]1O[C@H](CO)[C@H](OS(=O)(=O)O)[C@H](O[C@@H]2O[C@H](C(=O)O)C(C)[C@H](O)[C@H]2O)[C@H]1NC(C)=O. The van der Waals surface area contributed by atoms with Crippen LogP contribution in [0, 0.1) is 5.92 Å². The molecule has 0 aromatic carbocycles. The molecule has 0 aliphatic carbocycles. The zero-order valence-electron chi connectivity index (χ0n) is 17.3. The quantitative estimate of drug-likeness (QED) is 0.183. The molecule has 2 rings (SSSR count). The number of carboxylic acids is 1. The van der Waals surface area contributed by atoms with E-state index in [0.717, 1.165) is 6.92 Å². The summed E-state index contributed by atoms with van der Waals surface area (Å²) in [5.41, 5.74) is 0. The van der Waals surface area contributed by atoms with Gasteiger partial charge in [0, 0.05) is 20.0 Å².